The van der Waals surface area contributed by atoms with Gasteiger partial charge >= 0.3 is 0 Å². The van der Waals surface area contributed by atoms with Crippen molar-refractivity contribution in [3.63, 3.8) is 0 Å². The number of piperidine rings is 1. The van der Waals surface area contributed by atoms with E-state index in [0.717, 1.165) is 18.9 Å². The van der Waals surface area contributed by atoms with Crippen molar-refractivity contribution < 1.29 is 0 Å². The molecule has 0 unspecified atom stereocenters. The molecule has 1 saturated heterocycles. The Kier molecular flexibility index (Phi) is 3.10. The van der Waals surface area contributed by atoms with E-state index in [4.69, 9.17) is 5.73 Å². The van der Waals surface area contributed by atoms with Gasteiger partial charge in [-0.15, -0.1) is 0 Å². The molecule has 0 radical (unpaired) electrons. The van der Waals surface area contributed by atoms with Gasteiger partial charge in [-0.25, -0.2) is 9.97 Å². The highest BCUT2D eigenvalue weighted by Crippen LogP contribution is 2.44. The highest BCUT2D eigenvalue weighted by Gasteiger charge is 2.35. The third-order valence-corrected chi connectivity index (χ3v) is 4.72. The van der Waals surface area contributed by atoms with Crippen LogP contribution in [-0.4, -0.2) is 23.1 Å². The molecule has 4 nitrogen and oxygen atoms in total. The van der Waals surface area contributed by atoms with E-state index in [9.17, 15) is 0 Å². The average Bonchev–Trinajstić information content (AvgIpc) is 2.42. The van der Waals surface area contributed by atoms with Crippen LogP contribution < -0.4 is 10.6 Å². The second-order valence-electron chi connectivity index (χ2n) is 5.85. The summed E-state index contributed by atoms with van der Waals surface area (Å²) in [6.07, 6.45) is 13.3. The molecule has 0 amide bonds. The summed E-state index contributed by atoms with van der Waals surface area (Å²) in [6.45, 7) is 2.25. The molecule has 4 heteroatoms. The molecule has 2 fully saturated rings. The van der Waals surface area contributed by atoms with Crippen molar-refractivity contribution in [2.75, 3.05) is 23.7 Å². The smallest absolute Gasteiger partial charge is 0.147 e. The van der Waals surface area contributed by atoms with E-state index in [-0.39, 0.29) is 0 Å². The maximum atomic E-state index is 5.58. The van der Waals surface area contributed by atoms with Gasteiger partial charge in [0.2, 0.25) is 0 Å². The molecular weight excluding hydrogens is 224 g/mol. The van der Waals surface area contributed by atoms with Crippen LogP contribution in [0.1, 0.15) is 44.9 Å². The molecule has 1 aliphatic carbocycles. The largest absolute Gasteiger partial charge is 0.382 e. The molecule has 0 atom stereocenters. The standard InChI is InChI=1S/C14H22N4/c15-12-10-17-13(11-16-12)18-8-6-14(7-9-18)4-2-1-3-5-14/h10-11H,1-9H2,(H2,15,16). The monoisotopic (exact) mass is 246 g/mol. The molecule has 1 aromatic rings. The van der Waals surface area contributed by atoms with Crippen LogP contribution in [0.15, 0.2) is 12.4 Å². The van der Waals surface area contributed by atoms with Crippen LogP contribution >= 0.6 is 0 Å². The molecule has 0 aromatic carbocycles. The summed E-state index contributed by atoms with van der Waals surface area (Å²) >= 11 is 0. The van der Waals surface area contributed by atoms with E-state index in [2.05, 4.69) is 14.9 Å². The van der Waals surface area contributed by atoms with Gasteiger partial charge in [0.05, 0.1) is 12.4 Å². The van der Waals surface area contributed by atoms with E-state index in [0.29, 0.717) is 11.2 Å². The Labute approximate surface area is 109 Å². The van der Waals surface area contributed by atoms with Crippen LogP contribution in [0.5, 0.6) is 0 Å². The summed E-state index contributed by atoms with van der Waals surface area (Å²) < 4.78 is 0. The molecular formula is C14H22N4. The van der Waals surface area contributed by atoms with Crippen LogP contribution in [0.3, 0.4) is 0 Å². The molecule has 1 saturated carbocycles. The van der Waals surface area contributed by atoms with Gasteiger partial charge in [-0.3, -0.25) is 0 Å². The first kappa shape index (κ1) is 11.8. The zero-order valence-corrected chi connectivity index (χ0v) is 10.9. The molecule has 3 rings (SSSR count). The molecule has 1 aliphatic heterocycles. The maximum Gasteiger partial charge on any atom is 0.147 e. The quantitative estimate of drug-likeness (QED) is 0.827. The SMILES string of the molecule is Nc1cnc(N2CCC3(CCCCC3)CC2)cn1. The summed E-state index contributed by atoms with van der Waals surface area (Å²) in [6, 6.07) is 0. The lowest BCUT2D eigenvalue weighted by atomic mass is 9.68. The van der Waals surface area contributed by atoms with E-state index < -0.39 is 0 Å². The lowest BCUT2D eigenvalue weighted by Gasteiger charge is -2.44. The van der Waals surface area contributed by atoms with Gasteiger partial charge in [0.1, 0.15) is 11.6 Å². The highest BCUT2D eigenvalue weighted by atomic mass is 15.2. The van der Waals surface area contributed by atoms with Crippen molar-refractivity contribution in [1.29, 1.82) is 0 Å². The van der Waals surface area contributed by atoms with Crippen molar-refractivity contribution in [2.45, 2.75) is 44.9 Å². The summed E-state index contributed by atoms with van der Waals surface area (Å²) in [5, 5.41) is 0. The third-order valence-electron chi connectivity index (χ3n) is 4.72. The van der Waals surface area contributed by atoms with Crippen LogP contribution in [-0.2, 0) is 0 Å². The van der Waals surface area contributed by atoms with Crippen LogP contribution in [0, 0.1) is 5.41 Å². The minimum atomic E-state index is 0.500. The molecule has 18 heavy (non-hydrogen) atoms. The number of hydrogen-bond acceptors (Lipinski definition) is 4. The average molecular weight is 246 g/mol. The first-order chi connectivity index (χ1) is 8.77. The lowest BCUT2D eigenvalue weighted by Crippen LogP contribution is -2.41. The van der Waals surface area contributed by atoms with E-state index in [1.54, 1.807) is 12.4 Å². The van der Waals surface area contributed by atoms with E-state index in [1.807, 2.05) is 0 Å². The van der Waals surface area contributed by atoms with Gasteiger partial charge in [-0.2, -0.15) is 0 Å². The fourth-order valence-corrected chi connectivity index (χ4v) is 3.51. The zero-order chi connectivity index (χ0) is 12.4. The Balaban J connectivity index is 1.64. The maximum absolute atomic E-state index is 5.58. The first-order valence-corrected chi connectivity index (χ1v) is 7.10. The summed E-state index contributed by atoms with van der Waals surface area (Å²) in [5.74, 6) is 1.48. The second-order valence-corrected chi connectivity index (χ2v) is 5.85. The Morgan fingerprint density at radius 2 is 1.67 bits per heavy atom. The minimum Gasteiger partial charge on any atom is -0.382 e. The van der Waals surface area contributed by atoms with Crippen LogP contribution in [0.25, 0.3) is 0 Å². The summed E-state index contributed by atoms with van der Waals surface area (Å²) in [4.78, 5) is 10.9. The van der Waals surface area contributed by atoms with Crippen LogP contribution in [0.4, 0.5) is 11.6 Å². The molecule has 2 aliphatic rings. The molecule has 1 spiro atoms. The van der Waals surface area contributed by atoms with Gasteiger partial charge in [-0.1, -0.05) is 19.3 Å². The number of nitrogen functional groups attached to an aromatic ring is 1. The number of aromatic nitrogens is 2. The summed E-state index contributed by atoms with van der Waals surface area (Å²) in [5.41, 5.74) is 6.22. The molecule has 2 N–H and O–H groups in total. The second kappa shape index (κ2) is 4.75. The van der Waals surface area contributed by atoms with Gasteiger partial charge in [0.15, 0.2) is 0 Å². The van der Waals surface area contributed by atoms with E-state index in [1.165, 1.54) is 44.9 Å². The molecule has 2 heterocycles. The zero-order valence-electron chi connectivity index (χ0n) is 10.9. The highest BCUT2D eigenvalue weighted by molar-refractivity contribution is 5.39. The lowest BCUT2D eigenvalue weighted by molar-refractivity contribution is 0.144. The molecule has 0 bridgehead atoms. The normalized spacial score (nSPS) is 23.2. The number of nitrogens with zero attached hydrogens (tertiary/aromatic N) is 3. The van der Waals surface area contributed by atoms with Gasteiger partial charge in [-0.05, 0) is 31.1 Å². The number of hydrogen-bond donors (Lipinski definition) is 1. The third kappa shape index (κ3) is 2.28. The first-order valence-electron chi connectivity index (χ1n) is 7.10. The fraction of sp³-hybridized carbons (Fsp3) is 0.714. The molecule has 1 aromatic heterocycles. The van der Waals surface area contributed by atoms with Gasteiger partial charge in [0.25, 0.3) is 0 Å². The van der Waals surface area contributed by atoms with Crippen molar-refractivity contribution in [3.05, 3.63) is 12.4 Å². The van der Waals surface area contributed by atoms with Crippen molar-refractivity contribution >= 4 is 11.6 Å². The fourth-order valence-electron chi connectivity index (χ4n) is 3.51. The van der Waals surface area contributed by atoms with Crippen molar-refractivity contribution in [2.24, 2.45) is 5.41 Å². The number of rotatable bonds is 1. The van der Waals surface area contributed by atoms with Gasteiger partial charge < -0.3 is 10.6 Å². The Morgan fingerprint density at radius 1 is 0.944 bits per heavy atom. The minimum absolute atomic E-state index is 0.500. The van der Waals surface area contributed by atoms with Crippen molar-refractivity contribution in [1.82, 2.24) is 9.97 Å². The van der Waals surface area contributed by atoms with Crippen molar-refractivity contribution in [3.8, 4) is 0 Å². The predicted molar refractivity (Wildman–Crippen MR) is 73.4 cm³/mol. The number of anilines is 2. The topological polar surface area (TPSA) is 55.0 Å². The molecule has 98 valence electrons. The van der Waals surface area contributed by atoms with Crippen LogP contribution in [0.2, 0.25) is 0 Å². The predicted octanol–water partition coefficient (Wildman–Crippen LogP) is 2.61. The van der Waals surface area contributed by atoms with Gasteiger partial charge in [0, 0.05) is 13.1 Å². The summed E-state index contributed by atoms with van der Waals surface area (Å²) in [7, 11) is 0. The Morgan fingerprint density at radius 3 is 2.28 bits per heavy atom. The Bertz CT molecular complexity index is 385. The Hall–Kier alpha value is -1.32. The van der Waals surface area contributed by atoms with E-state index >= 15 is 0 Å². The number of nitrogens with two attached hydrogens (primary N) is 1.